The molecule has 1 heterocycles. The van der Waals surface area contributed by atoms with Gasteiger partial charge >= 0.3 is 0 Å². The van der Waals surface area contributed by atoms with E-state index in [9.17, 15) is 4.79 Å². The van der Waals surface area contributed by atoms with Crippen LogP contribution in [0, 0.1) is 12.3 Å². The highest BCUT2D eigenvalue weighted by Crippen LogP contribution is 2.11. The second-order valence-electron chi connectivity index (χ2n) is 3.32. The minimum Gasteiger partial charge on any atom is -0.338 e. The highest BCUT2D eigenvalue weighted by atomic mass is 35.5. The predicted molar refractivity (Wildman–Crippen MR) is 64.2 cm³/mol. The number of amides is 1. The number of carbonyl (C=O) groups is 1. The van der Waals surface area contributed by atoms with Crippen molar-refractivity contribution in [2.45, 2.75) is 25.8 Å². The number of nitrogens with zero attached hydrogens (tertiary/aromatic N) is 1. The van der Waals surface area contributed by atoms with Crippen LogP contribution in [0.15, 0.2) is 18.3 Å². The maximum absolute atomic E-state index is 11.8. The number of rotatable bonds is 4. The molecule has 4 heteroatoms. The van der Waals surface area contributed by atoms with Crippen LogP contribution in [0.4, 0.5) is 0 Å². The third-order valence-electron chi connectivity index (χ3n) is 2.09. The summed E-state index contributed by atoms with van der Waals surface area (Å²) in [6.45, 7) is 2.01. The number of pyridine rings is 1. The van der Waals surface area contributed by atoms with Gasteiger partial charge in [-0.2, -0.15) is 0 Å². The molecule has 1 aromatic heterocycles. The van der Waals surface area contributed by atoms with Crippen molar-refractivity contribution in [3.63, 3.8) is 0 Å². The van der Waals surface area contributed by atoms with Crippen LogP contribution in [0.1, 0.15) is 30.1 Å². The largest absolute Gasteiger partial charge is 0.338 e. The first-order valence-corrected chi connectivity index (χ1v) is 5.44. The Kier molecular flexibility index (Phi) is 4.81. The molecule has 0 fully saturated rings. The second-order valence-corrected chi connectivity index (χ2v) is 3.68. The van der Waals surface area contributed by atoms with E-state index in [4.69, 9.17) is 18.0 Å². The Labute approximate surface area is 100 Å². The minimum atomic E-state index is -0.283. The summed E-state index contributed by atoms with van der Waals surface area (Å²) in [5.41, 5.74) is 0.348. The zero-order chi connectivity index (χ0) is 12.0. The van der Waals surface area contributed by atoms with Crippen molar-refractivity contribution < 1.29 is 4.79 Å². The molecular weight excluding hydrogens is 224 g/mol. The van der Waals surface area contributed by atoms with E-state index < -0.39 is 0 Å². The first-order chi connectivity index (χ1) is 7.69. The molecule has 0 spiro atoms. The summed E-state index contributed by atoms with van der Waals surface area (Å²) >= 11 is 5.80. The molecule has 0 bridgehead atoms. The molecule has 3 nitrogen and oxygen atoms in total. The van der Waals surface area contributed by atoms with Crippen molar-refractivity contribution in [2.24, 2.45) is 0 Å². The second kappa shape index (κ2) is 6.14. The first-order valence-electron chi connectivity index (χ1n) is 5.06. The lowest BCUT2D eigenvalue weighted by Gasteiger charge is -2.12. The fraction of sp³-hybridized carbons (Fsp3) is 0.333. The normalized spacial score (nSPS) is 11.6. The molecule has 1 rings (SSSR count). The molecule has 0 aliphatic carbocycles. The third-order valence-corrected chi connectivity index (χ3v) is 2.39. The van der Waals surface area contributed by atoms with Crippen LogP contribution in [0.3, 0.4) is 0 Å². The van der Waals surface area contributed by atoms with Gasteiger partial charge in [0.25, 0.3) is 5.91 Å². The standard InChI is InChI=1S/C12H13ClN2O/c1-3-6-9(4-2)15-12(16)10-7-5-8-14-11(10)13/h2,5,7-9H,3,6H2,1H3,(H,15,16). The van der Waals surface area contributed by atoms with Gasteiger partial charge in [-0.25, -0.2) is 4.98 Å². The molecule has 84 valence electrons. The molecule has 1 amide bonds. The van der Waals surface area contributed by atoms with Gasteiger partial charge in [-0.1, -0.05) is 30.9 Å². The molecule has 1 aromatic rings. The van der Waals surface area contributed by atoms with Crippen molar-refractivity contribution >= 4 is 17.5 Å². The van der Waals surface area contributed by atoms with Crippen molar-refractivity contribution in [1.29, 1.82) is 0 Å². The van der Waals surface area contributed by atoms with Crippen LogP contribution in [-0.4, -0.2) is 16.9 Å². The zero-order valence-corrected chi connectivity index (χ0v) is 9.79. The van der Waals surface area contributed by atoms with Gasteiger partial charge < -0.3 is 5.32 Å². The summed E-state index contributed by atoms with van der Waals surface area (Å²) in [7, 11) is 0. The van der Waals surface area contributed by atoms with Crippen molar-refractivity contribution in [1.82, 2.24) is 10.3 Å². The highest BCUT2D eigenvalue weighted by Gasteiger charge is 2.13. The van der Waals surface area contributed by atoms with Gasteiger partial charge in [-0.3, -0.25) is 4.79 Å². The van der Waals surface area contributed by atoms with E-state index >= 15 is 0 Å². The summed E-state index contributed by atoms with van der Waals surface area (Å²) in [5.74, 6) is 2.24. The molecule has 0 saturated carbocycles. The maximum atomic E-state index is 11.8. The quantitative estimate of drug-likeness (QED) is 0.644. The Morgan fingerprint density at radius 2 is 2.50 bits per heavy atom. The van der Waals surface area contributed by atoms with Crippen LogP contribution in [0.5, 0.6) is 0 Å². The molecule has 0 aromatic carbocycles. The molecule has 1 N–H and O–H groups in total. The molecule has 0 aliphatic rings. The van der Waals surface area contributed by atoms with Crippen molar-refractivity contribution in [2.75, 3.05) is 0 Å². The van der Waals surface area contributed by atoms with Crippen LogP contribution in [-0.2, 0) is 0 Å². The monoisotopic (exact) mass is 236 g/mol. The molecule has 0 aliphatic heterocycles. The minimum absolute atomic E-state index is 0.187. The summed E-state index contributed by atoms with van der Waals surface area (Å²) in [4.78, 5) is 15.6. The molecule has 1 unspecified atom stereocenters. The smallest absolute Gasteiger partial charge is 0.255 e. The molecule has 0 saturated heterocycles. The number of terminal acetylenes is 1. The Morgan fingerprint density at radius 3 is 3.06 bits per heavy atom. The average molecular weight is 237 g/mol. The third kappa shape index (κ3) is 3.25. The van der Waals surface area contributed by atoms with E-state index in [0.29, 0.717) is 5.56 Å². The van der Waals surface area contributed by atoms with Crippen LogP contribution in [0.2, 0.25) is 5.15 Å². The Hall–Kier alpha value is -1.53. The van der Waals surface area contributed by atoms with Crippen molar-refractivity contribution in [3.05, 3.63) is 29.0 Å². The molecule has 1 atom stereocenters. The fourth-order valence-electron chi connectivity index (χ4n) is 1.28. The topological polar surface area (TPSA) is 42.0 Å². The lowest BCUT2D eigenvalue weighted by atomic mass is 10.1. The summed E-state index contributed by atoms with van der Waals surface area (Å²) in [6, 6.07) is 3.02. The van der Waals surface area contributed by atoms with E-state index in [1.807, 2.05) is 6.92 Å². The van der Waals surface area contributed by atoms with Gasteiger partial charge in [-0.15, -0.1) is 6.42 Å². The van der Waals surface area contributed by atoms with Crippen LogP contribution < -0.4 is 5.32 Å². The van der Waals surface area contributed by atoms with Crippen LogP contribution >= 0.6 is 11.6 Å². The van der Waals surface area contributed by atoms with E-state index in [-0.39, 0.29) is 17.1 Å². The Balaban J connectivity index is 2.73. The Morgan fingerprint density at radius 1 is 1.75 bits per heavy atom. The maximum Gasteiger partial charge on any atom is 0.255 e. The van der Waals surface area contributed by atoms with E-state index in [0.717, 1.165) is 12.8 Å². The molecule has 16 heavy (non-hydrogen) atoms. The molecule has 0 radical (unpaired) electrons. The highest BCUT2D eigenvalue weighted by molar-refractivity contribution is 6.32. The number of hydrogen-bond acceptors (Lipinski definition) is 2. The Bertz CT molecular complexity index is 412. The van der Waals surface area contributed by atoms with Gasteiger partial charge in [0.15, 0.2) is 0 Å². The summed E-state index contributed by atoms with van der Waals surface area (Å²) in [5, 5.41) is 2.91. The van der Waals surface area contributed by atoms with Gasteiger partial charge in [0, 0.05) is 6.20 Å². The van der Waals surface area contributed by atoms with Gasteiger partial charge in [0.1, 0.15) is 5.15 Å². The fourth-order valence-corrected chi connectivity index (χ4v) is 1.48. The number of hydrogen-bond donors (Lipinski definition) is 1. The zero-order valence-electron chi connectivity index (χ0n) is 9.03. The number of nitrogens with one attached hydrogen (secondary N) is 1. The summed E-state index contributed by atoms with van der Waals surface area (Å²) < 4.78 is 0. The van der Waals surface area contributed by atoms with E-state index in [1.54, 1.807) is 12.1 Å². The van der Waals surface area contributed by atoms with Gasteiger partial charge in [-0.05, 0) is 18.6 Å². The van der Waals surface area contributed by atoms with Crippen LogP contribution in [0.25, 0.3) is 0 Å². The average Bonchev–Trinajstić information content (AvgIpc) is 2.28. The van der Waals surface area contributed by atoms with Gasteiger partial charge in [0.2, 0.25) is 0 Å². The first kappa shape index (κ1) is 12.5. The summed E-state index contributed by atoms with van der Waals surface area (Å²) in [6.07, 6.45) is 8.50. The molecular formula is C12H13ClN2O. The van der Waals surface area contributed by atoms with E-state index in [2.05, 4.69) is 16.2 Å². The van der Waals surface area contributed by atoms with E-state index in [1.165, 1.54) is 6.20 Å². The predicted octanol–water partition coefficient (Wildman–Crippen LogP) is 2.27. The number of halogens is 1. The lowest BCUT2D eigenvalue weighted by Crippen LogP contribution is -2.33. The number of aromatic nitrogens is 1. The van der Waals surface area contributed by atoms with Gasteiger partial charge in [0.05, 0.1) is 11.6 Å². The van der Waals surface area contributed by atoms with Crippen molar-refractivity contribution in [3.8, 4) is 12.3 Å². The number of carbonyl (C=O) groups excluding carboxylic acids is 1. The lowest BCUT2D eigenvalue weighted by molar-refractivity contribution is 0.0944. The SMILES string of the molecule is C#CC(CCC)NC(=O)c1cccnc1Cl.